The minimum absolute atomic E-state index is 0.137. The summed E-state index contributed by atoms with van der Waals surface area (Å²) in [4.78, 5) is 11.8. The molecule has 0 aromatic carbocycles. The van der Waals surface area contributed by atoms with Crippen LogP contribution in [0.2, 0.25) is 0 Å². The Hall–Kier alpha value is -0.850. The van der Waals surface area contributed by atoms with E-state index in [-0.39, 0.29) is 6.29 Å². The molecule has 2 rings (SSSR count). The highest BCUT2D eigenvalue weighted by Crippen LogP contribution is 2.28. The van der Waals surface area contributed by atoms with Crippen LogP contribution in [0.4, 0.5) is 0 Å². The Bertz CT molecular complexity index is 590. The number of rotatable bonds is 9. The lowest BCUT2D eigenvalue weighted by Gasteiger charge is -2.43. The molecule has 0 aromatic heterocycles. The van der Waals surface area contributed by atoms with Crippen LogP contribution in [0, 0.1) is 0 Å². The van der Waals surface area contributed by atoms with Gasteiger partial charge in [-0.05, 0) is 13.8 Å². The highest BCUT2D eigenvalue weighted by atomic mass is 16.7. The van der Waals surface area contributed by atoms with E-state index in [0.29, 0.717) is 0 Å². The van der Waals surface area contributed by atoms with E-state index in [2.05, 4.69) is 0 Å². The van der Waals surface area contributed by atoms with Gasteiger partial charge in [-0.3, -0.25) is 0 Å². The fourth-order valence-corrected chi connectivity index (χ4v) is 3.43. The SMILES string of the molecule is C[C@H](O)[C@H](O)[C@@H](O[C@H]1O[C@H](CO)[C@@H](O)[C@H](O)[C@H]1O)[C@H](C=O)O[C@@H]1O[C@@H](C)[C@H](O)[C@@H](O)[C@H]1O. The highest BCUT2D eigenvalue weighted by Gasteiger charge is 2.49. The fraction of sp³-hybridized carbons (Fsp3) is 0.944. The molecule has 0 saturated carbocycles. The number of carbonyl (C=O) groups excluding carboxylic acids is 1. The Morgan fingerprint density at radius 1 is 0.844 bits per heavy atom. The van der Waals surface area contributed by atoms with E-state index in [0.717, 1.165) is 6.92 Å². The first-order chi connectivity index (χ1) is 14.9. The monoisotopic (exact) mass is 472 g/mol. The molecule has 0 bridgehead atoms. The van der Waals surface area contributed by atoms with Crippen molar-refractivity contribution in [3.05, 3.63) is 0 Å². The molecule has 0 aliphatic carbocycles. The molecule has 2 saturated heterocycles. The van der Waals surface area contributed by atoms with Gasteiger partial charge in [-0.2, -0.15) is 0 Å². The van der Waals surface area contributed by atoms with Gasteiger partial charge >= 0.3 is 0 Å². The fourth-order valence-electron chi connectivity index (χ4n) is 3.43. The Morgan fingerprint density at radius 3 is 1.88 bits per heavy atom. The van der Waals surface area contributed by atoms with Crippen molar-refractivity contribution < 1.29 is 69.7 Å². The third-order valence-corrected chi connectivity index (χ3v) is 5.53. The molecule has 9 N–H and O–H groups in total. The van der Waals surface area contributed by atoms with E-state index in [4.69, 9.17) is 18.9 Å². The third-order valence-electron chi connectivity index (χ3n) is 5.53. The third kappa shape index (κ3) is 5.79. The van der Waals surface area contributed by atoms with Crippen molar-refractivity contribution in [2.75, 3.05) is 6.61 Å². The van der Waals surface area contributed by atoms with E-state index < -0.39 is 92.4 Å². The summed E-state index contributed by atoms with van der Waals surface area (Å²) in [6.45, 7) is 1.77. The zero-order valence-corrected chi connectivity index (χ0v) is 17.4. The summed E-state index contributed by atoms with van der Waals surface area (Å²) < 4.78 is 21.2. The number of hydrogen-bond donors (Lipinski definition) is 9. The van der Waals surface area contributed by atoms with E-state index in [1.807, 2.05) is 0 Å². The summed E-state index contributed by atoms with van der Waals surface area (Å²) >= 11 is 0. The second kappa shape index (κ2) is 11.5. The van der Waals surface area contributed by atoms with Gasteiger partial charge in [-0.25, -0.2) is 0 Å². The van der Waals surface area contributed by atoms with E-state index >= 15 is 0 Å². The Labute approximate surface area is 183 Å². The molecule has 14 nitrogen and oxygen atoms in total. The number of ether oxygens (including phenoxy) is 4. The van der Waals surface area contributed by atoms with Gasteiger partial charge in [0.05, 0.1) is 18.8 Å². The molecule has 0 unspecified atom stereocenters. The van der Waals surface area contributed by atoms with Crippen LogP contribution < -0.4 is 0 Å². The molecule has 0 aromatic rings. The maximum absolute atomic E-state index is 11.8. The summed E-state index contributed by atoms with van der Waals surface area (Å²) in [6, 6.07) is 0. The molecule has 0 radical (unpaired) electrons. The van der Waals surface area contributed by atoms with Crippen molar-refractivity contribution in [3.8, 4) is 0 Å². The van der Waals surface area contributed by atoms with Gasteiger partial charge in [0, 0.05) is 0 Å². The van der Waals surface area contributed by atoms with Crippen LogP contribution >= 0.6 is 0 Å². The first-order valence-corrected chi connectivity index (χ1v) is 10.1. The summed E-state index contributed by atoms with van der Waals surface area (Å²) in [5.74, 6) is 0. The molecule has 0 spiro atoms. The number of aliphatic hydroxyl groups is 9. The Balaban J connectivity index is 2.23. The van der Waals surface area contributed by atoms with Crippen LogP contribution in [0.25, 0.3) is 0 Å². The van der Waals surface area contributed by atoms with Crippen molar-refractivity contribution in [1.29, 1.82) is 0 Å². The van der Waals surface area contributed by atoms with Gasteiger partial charge in [0.25, 0.3) is 0 Å². The second-order valence-electron chi connectivity index (χ2n) is 7.95. The zero-order chi connectivity index (χ0) is 24.3. The smallest absolute Gasteiger partial charge is 0.187 e. The van der Waals surface area contributed by atoms with E-state index in [1.165, 1.54) is 6.92 Å². The Morgan fingerprint density at radius 2 is 1.38 bits per heavy atom. The maximum atomic E-state index is 11.8. The molecular weight excluding hydrogens is 440 g/mol. The van der Waals surface area contributed by atoms with E-state index in [1.54, 1.807) is 0 Å². The zero-order valence-electron chi connectivity index (χ0n) is 17.4. The lowest BCUT2D eigenvalue weighted by molar-refractivity contribution is -0.341. The molecule has 2 heterocycles. The first-order valence-electron chi connectivity index (χ1n) is 10.1. The van der Waals surface area contributed by atoms with Gasteiger partial charge in [0.1, 0.15) is 61.0 Å². The maximum Gasteiger partial charge on any atom is 0.187 e. The summed E-state index contributed by atoms with van der Waals surface area (Å²) in [5, 5.41) is 89.2. The van der Waals surface area contributed by atoms with Crippen molar-refractivity contribution in [2.45, 2.75) is 99.7 Å². The van der Waals surface area contributed by atoms with E-state index in [9.17, 15) is 50.8 Å². The lowest BCUT2D eigenvalue weighted by Crippen LogP contribution is -2.62. The minimum atomic E-state index is -1.88. The molecule has 0 amide bonds. The predicted octanol–water partition coefficient (Wildman–Crippen LogP) is -5.68. The molecule has 32 heavy (non-hydrogen) atoms. The van der Waals surface area contributed by atoms with Crippen molar-refractivity contribution in [3.63, 3.8) is 0 Å². The van der Waals surface area contributed by atoms with Crippen LogP contribution in [0.5, 0.6) is 0 Å². The first kappa shape index (κ1) is 27.4. The van der Waals surface area contributed by atoms with Gasteiger partial charge < -0.3 is 69.7 Å². The summed E-state index contributed by atoms with van der Waals surface area (Å²) in [7, 11) is 0. The van der Waals surface area contributed by atoms with Crippen LogP contribution in [0.1, 0.15) is 13.8 Å². The van der Waals surface area contributed by atoms with Crippen molar-refractivity contribution >= 4 is 6.29 Å². The number of carbonyl (C=O) groups is 1. The molecule has 14 heteroatoms. The highest BCUT2D eigenvalue weighted by molar-refractivity contribution is 5.57. The average Bonchev–Trinajstić information content (AvgIpc) is 2.77. The molecule has 188 valence electrons. The predicted molar refractivity (Wildman–Crippen MR) is 99.6 cm³/mol. The molecule has 2 aliphatic heterocycles. The van der Waals surface area contributed by atoms with Crippen LogP contribution in [-0.2, 0) is 23.7 Å². The van der Waals surface area contributed by atoms with Gasteiger partial charge in [-0.1, -0.05) is 0 Å². The molecule has 14 atom stereocenters. The molecule has 2 aliphatic rings. The summed E-state index contributed by atoms with van der Waals surface area (Å²) in [6.07, 6.45) is -22.8. The number of aliphatic hydroxyl groups excluding tert-OH is 9. The average molecular weight is 472 g/mol. The lowest BCUT2D eigenvalue weighted by atomic mass is 9.98. The Kier molecular flexibility index (Phi) is 9.87. The number of aldehydes is 1. The standard InChI is InChI=1S/C18H32O14/c1-5(21)9(22)16(32-18-15(28)13(26)11(24)7(3-19)30-18)8(4-20)31-17-14(27)12(25)10(23)6(2)29-17/h4-19,21-28H,3H2,1-2H3/t5-,6-,7+,8-,9-,10-,11+,12+,13-,14+,15+,16-,17-,18+/m0/s1. The molecule has 2 fully saturated rings. The normalized spacial score (nSPS) is 44.5. The number of hydrogen-bond acceptors (Lipinski definition) is 14. The summed E-state index contributed by atoms with van der Waals surface area (Å²) in [5.41, 5.74) is 0. The largest absolute Gasteiger partial charge is 0.394 e. The van der Waals surface area contributed by atoms with Crippen molar-refractivity contribution in [1.82, 2.24) is 0 Å². The second-order valence-corrected chi connectivity index (χ2v) is 7.95. The van der Waals surface area contributed by atoms with Gasteiger partial charge in [0.2, 0.25) is 0 Å². The van der Waals surface area contributed by atoms with Crippen molar-refractivity contribution in [2.24, 2.45) is 0 Å². The molecular formula is C18H32O14. The quantitative estimate of drug-likeness (QED) is 0.142. The minimum Gasteiger partial charge on any atom is -0.394 e. The van der Waals surface area contributed by atoms with Crippen LogP contribution in [-0.4, -0.2) is 145 Å². The topological polar surface area (TPSA) is 236 Å². The van der Waals surface area contributed by atoms with Gasteiger partial charge in [-0.15, -0.1) is 0 Å². The van der Waals surface area contributed by atoms with Crippen LogP contribution in [0.3, 0.4) is 0 Å². The van der Waals surface area contributed by atoms with Crippen LogP contribution in [0.15, 0.2) is 0 Å². The van der Waals surface area contributed by atoms with Gasteiger partial charge in [0.15, 0.2) is 18.9 Å².